The molecular formula is C14H24BrNO. The molecule has 1 saturated carbocycles. The Bertz CT molecular complexity index is 261. The average molecular weight is 302 g/mol. The summed E-state index contributed by atoms with van der Waals surface area (Å²) in [6.07, 6.45) is 8.40. The maximum Gasteiger partial charge on any atom is 0.149 e. The van der Waals surface area contributed by atoms with E-state index in [1.54, 1.807) is 0 Å². The molecule has 98 valence electrons. The Labute approximate surface area is 113 Å². The third-order valence-corrected chi connectivity index (χ3v) is 5.33. The van der Waals surface area contributed by atoms with Crippen molar-refractivity contribution in [2.75, 3.05) is 13.1 Å². The number of nitrogens with zero attached hydrogens (tertiary/aromatic N) is 1. The fraction of sp³-hybridized carbons (Fsp3) is 0.929. The fourth-order valence-electron chi connectivity index (χ4n) is 3.10. The van der Waals surface area contributed by atoms with E-state index in [2.05, 4.69) is 27.8 Å². The van der Waals surface area contributed by atoms with Gasteiger partial charge in [0.15, 0.2) is 0 Å². The van der Waals surface area contributed by atoms with Crippen LogP contribution >= 0.6 is 15.9 Å². The Morgan fingerprint density at radius 3 is 2.53 bits per heavy atom. The largest absolute Gasteiger partial charge is 0.298 e. The van der Waals surface area contributed by atoms with Gasteiger partial charge in [-0.15, -0.1) is 0 Å². The van der Waals surface area contributed by atoms with Crippen molar-refractivity contribution in [3.8, 4) is 0 Å². The average Bonchev–Trinajstić information content (AvgIpc) is 2.33. The van der Waals surface area contributed by atoms with Crippen LogP contribution in [0.15, 0.2) is 0 Å². The van der Waals surface area contributed by atoms with E-state index in [9.17, 15) is 4.79 Å². The smallest absolute Gasteiger partial charge is 0.149 e. The van der Waals surface area contributed by atoms with E-state index >= 15 is 0 Å². The number of hydrogen-bond acceptors (Lipinski definition) is 2. The Kier molecular flexibility index (Phi) is 5.04. The van der Waals surface area contributed by atoms with Crippen LogP contribution in [0.4, 0.5) is 0 Å². The predicted molar refractivity (Wildman–Crippen MR) is 74.6 cm³/mol. The predicted octanol–water partition coefficient (Wildman–Crippen LogP) is 3.38. The third-order valence-electron chi connectivity index (χ3n) is 4.41. The summed E-state index contributed by atoms with van der Waals surface area (Å²) in [6, 6.07) is 0.611. The molecule has 2 fully saturated rings. The van der Waals surface area contributed by atoms with Crippen LogP contribution < -0.4 is 0 Å². The van der Waals surface area contributed by atoms with E-state index in [0.717, 1.165) is 19.4 Å². The molecule has 1 atom stereocenters. The van der Waals surface area contributed by atoms with Crippen molar-refractivity contribution in [3.63, 3.8) is 0 Å². The van der Waals surface area contributed by atoms with E-state index in [1.807, 2.05) is 0 Å². The van der Waals surface area contributed by atoms with E-state index < -0.39 is 0 Å². The summed E-state index contributed by atoms with van der Waals surface area (Å²) in [5, 5.41) is 0. The molecule has 0 aromatic rings. The highest BCUT2D eigenvalue weighted by molar-refractivity contribution is 9.09. The van der Waals surface area contributed by atoms with Crippen LogP contribution in [0.2, 0.25) is 0 Å². The molecule has 1 heterocycles. The first-order valence-electron chi connectivity index (χ1n) is 7.07. The zero-order valence-electron chi connectivity index (χ0n) is 10.8. The van der Waals surface area contributed by atoms with Gasteiger partial charge in [0.1, 0.15) is 5.78 Å². The number of hydrogen-bond donors (Lipinski definition) is 0. The van der Waals surface area contributed by atoms with Gasteiger partial charge in [-0.05, 0) is 52.0 Å². The van der Waals surface area contributed by atoms with Crippen molar-refractivity contribution in [3.05, 3.63) is 0 Å². The Balaban J connectivity index is 1.79. The maximum absolute atomic E-state index is 12.3. The van der Waals surface area contributed by atoms with Crippen LogP contribution in [-0.2, 0) is 4.79 Å². The van der Waals surface area contributed by atoms with E-state index in [1.165, 1.54) is 32.1 Å². The highest BCUT2D eigenvalue weighted by Gasteiger charge is 2.28. The molecule has 0 spiro atoms. The highest BCUT2D eigenvalue weighted by Crippen LogP contribution is 2.29. The molecule has 1 aliphatic heterocycles. The quantitative estimate of drug-likeness (QED) is 0.745. The van der Waals surface area contributed by atoms with Crippen molar-refractivity contribution < 1.29 is 4.79 Å². The Hall–Kier alpha value is 0.110. The Morgan fingerprint density at radius 2 is 1.88 bits per heavy atom. The van der Waals surface area contributed by atoms with Gasteiger partial charge in [0.2, 0.25) is 0 Å². The zero-order chi connectivity index (χ0) is 12.3. The summed E-state index contributed by atoms with van der Waals surface area (Å²) in [7, 11) is 0. The number of halogens is 1. The molecule has 0 N–H and O–H groups in total. The number of ketones is 1. The van der Waals surface area contributed by atoms with Gasteiger partial charge in [-0.3, -0.25) is 9.69 Å². The van der Waals surface area contributed by atoms with Gasteiger partial charge >= 0.3 is 0 Å². The molecule has 1 aliphatic carbocycles. The van der Waals surface area contributed by atoms with E-state index in [0.29, 0.717) is 29.1 Å². The topological polar surface area (TPSA) is 20.3 Å². The number of carbonyl (C=O) groups excluding carboxylic acids is 1. The van der Waals surface area contributed by atoms with Crippen LogP contribution in [-0.4, -0.2) is 34.6 Å². The van der Waals surface area contributed by atoms with E-state index in [-0.39, 0.29) is 0 Å². The fourth-order valence-corrected chi connectivity index (χ4v) is 3.63. The lowest BCUT2D eigenvalue weighted by molar-refractivity contribution is -0.125. The molecule has 2 aliphatic rings. The first kappa shape index (κ1) is 13.5. The number of rotatable bonds is 3. The second-order valence-electron chi connectivity index (χ2n) is 5.73. The van der Waals surface area contributed by atoms with E-state index in [4.69, 9.17) is 0 Å². The molecule has 1 unspecified atom stereocenters. The summed E-state index contributed by atoms with van der Waals surface area (Å²) < 4.78 is 0. The van der Waals surface area contributed by atoms with Gasteiger partial charge < -0.3 is 0 Å². The SMILES string of the molecule is CC1CCCCN1CC(=O)C1CCC(Br)CC1. The number of alkyl halides is 1. The standard InChI is InChI=1S/C14H24BrNO/c1-11-4-2-3-9-16(11)10-14(17)12-5-7-13(15)8-6-12/h11-13H,2-10H2,1H3. The summed E-state index contributed by atoms with van der Waals surface area (Å²) in [6.45, 7) is 4.10. The maximum atomic E-state index is 12.3. The van der Waals surface area contributed by atoms with Crippen LogP contribution in [0.25, 0.3) is 0 Å². The molecule has 3 heteroatoms. The van der Waals surface area contributed by atoms with Crippen molar-refractivity contribution >= 4 is 21.7 Å². The molecule has 17 heavy (non-hydrogen) atoms. The van der Waals surface area contributed by atoms with Crippen molar-refractivity contribution in [2.24, 2.45) is 5.92 Å². The first-order valence-corrected chi connectivity index (χ1v) is 7.99. The second kappa shape index (κ2) is 6.33. The van der Waals surface area contributed by atoms with Gasteiger partial charge in [-0.1, -0.05) is 22.4 Å². The van der Waals surface area contributed by atoms with Crippen molar-refractivity contribution in [2.45, 2.75) is 62.7 Å². The van der Waals surface area contributed by atoms with Gasteiger partial charge in [-0.2, -0.15) is 0 Å². The van der Waals surface area contributed by atoms with Crippen LogP contribution in [0.3, 0.4) is 0 Å². The minimum Gasteiger partial charge on any atom is -0.298 e. The number of likely N-dealkylation sites (tertiary alicyclic amines) is 1. The zero-order valence-corrected chi connectivity index (χ0v) is 12.4. The van der Waals surface area contributed by atoms with Gasteiger partial charge in [0.05, 0.1) is 6.54 Å². The monoisotopic (exact) mass is 301 g/mol. The molecule has 0 aromatic carbocycles. The normalized spacial score (nSPS) is 35.8. The lowest BCUT2D eigenvalue weighted by atomic mass is 9.85. The summed E-state index contributed by atoms with van der Waals surface area (Å²) >= 11 is 3.65. The van der Waals surface area contributed by atoms with Crippen molar-refractivity contribution in [1.29, 1.82) is 0 Å². The molecular weight excluding hydrogens is 278 g/mol. The lowest BCUT2D eigenvalue weighted by Gasteiger charge is -2.34. The van der Waals surface area contributed by atoms with Gasteiger partial charge in [-0.25, -0.2) is 0 Å². The molecule has 0 radical (unpaired) electrons. The highest BCUT2D eigenvalue weighted by atomic mass is 79.9. The number of Topliss-reactive ketones (excluding diaryl/α,β-unsaturated/α-hetero) is 1. The molecule has 0 aromatic heterocycles. The minimum atomic E-state index is 0.345. The molecule has 1 saturated heterocycles. The number of piperidine rings is 1. The second-order valence-corrected chi connectivity index (χ2v) is 7.03. The molecule has 0 amide bonds. The summed E-state index contributed by atoms with van der Waals surface area (Å²) in [5.41, 5.74) is 0. The molecule has 0 bridgehead atoms. The van der Waals surface area contributed by atoms with Crippen LogP contribution in [0.1, 0.15) is 51.9 Å². The molecule has 2 rings (SSSR count). The molecule has 2 nitrogen and oxygen atoms in total. The third kappa shape index (κ3) is 3.78. The Morgan fingerprint density at radius 1 is 1.18 bits per heavy atom. The summed E-state index contributed by atoms with van der Waals surface area (Å²) in [5.74, 6) is 0.844. The minimum absolute atomic E-state index is 0.345. The van der Waals surface area contributed by atoms with Crippen LogP contribution in [0, 0.1) is 5.92 Å². The first-order chi connectivity index (χ1) is 8.16. The number of carbonyl (C=O) groups is 1. The van der Waals surface area contributed by atoms with Gasteiger partial charge in [0.25, 0.3) is 0 Å². The summed E-state index contributed by atoms with van der Waals surface area (Å²) in [4.78, 5) is 15.3. The van der Waals surface area contributed by atoms with Crippen LogP contribution in [0.5, 0.6) is 0 Å². The lowest BCUT2D eigenvalue weighted by Crippen LogP contribution is -2.42. The van der Waals surface area contributed by atoms with Crippen molar-refractivity contribution in [1.82, 2.24) is 4.90 Å². The van der Waals surface area contributed by atoms with Gasteiger partial charge in [0, 0.05) is 16.8 Å².